The minimum Gasteiger partial charge on any atom is -0.444 e. The number of ether oxygens (including phenoxy) is 2. The summed E-state index contributed by atoms with van der Waals surface area (Å²) in [5.74, 6) is 0.749. The van der Waals surface area contributed by atoms with E-state index in [9.17, 15) is 4.79 Å². The first-order valence-corrected chi connectivity index (χ1v) is 10.4. The van der Waals surface area contributed by atoms with Gasteiger partial charge in [-0.25, -0.2) is 4.79 Å². The Morgan fingerprint density at radius 3 is 2.25 bits per heavy atom. The molecule has 1 amide bonds. The van der Waals surface area contributed by atoms with E-state index in [1.165, 1.54) is 32.1 Å². The summed E-state index contributed by atoms with van der Waals surface area (Å²) in [4.78, 5) is 15.7. The van der Waals surface area contributed by atoms with Crippen LogP contribution in [0.15, 0.2) is 4.99 Å². The van der Waals surface area contributed by atoms with Crippen LogP contribution in [0.4, 0.5) is 4.79 Å². The smallest absolute Gasteiger partial charge is 0.407 e. The molecule has 0 saturated heterocycles. The molecule has 0 atom stereocenters. The fraction of sp³-hybridized carbons (Fsp3) is 0.900. The zero-order valence-electron chi connectivity index (χ0n) is 18.1. The van der Waals surface area contributed by atoms with Gasteiger partial charge < -0.3 is 25.4 Å². The number of aliphatic imine (C=N–C) groups is 1. The number of guanidine groups is 1. The minimum absolute atomic E-state index is 0. The number of carbonyl (C=O) groups excluding carboxylic acids is 1. The van der Waals surface area contributed by atoms with Gasteiger partial charge in [0.2, 0.25) is 0 Å². The van der Waals surface area contributed by atoms with Gasteiger partial charge in [-0.05, 0) is 52.9 Å². The maximum atomic E-state index is 11.6. The number of hydrogen-bond donors (Lipinski definition) is 3. The summed E-state index contributed by atoms with van der Waals surface area (Å²) in [6.07, 6.45) is 9.97. The first kappa shape index (κ1) is 27.2. The lowest BCUT2D eigenvalue weighted by atomic mass is 9.98. The third-order valence-electron chi connectivity index (χ3n) is 4.33. The largest absolute Gasteiger partial charge is 0.444 e. The highest BCUT2D eigenvalue weighted by Gasteiger charge is 2.15. The summed E-state index contributed by atoms with van der Waals surface area (Å²) in [6, 6.07) is 0. The van der Waals surface area contributed by atoms with E-state index in [1.54, 1.807) is 7.05 Å². The van der Waals surface area contributed by atoms with E-state index in [0.29, 0.717) is 19.2 Å². The van der Waals surface area contributed by atoms with Crippen LogP contribution in [0.1, 0.15) is 72.1 Å². The van der Waals surface area contributed by atoms with Crippen molar-refractivity contribution in [2.75, 3.05) is 33.3 Å². The highest BCUT2D eigenvalue weighted by molar-refractivity contribution is 14.0. The van der Waals surface area contributed by atoms with Crippen molar-refractivity contribution in [1.29, 1.82) is 0 Å². The van der Waals surface area contributed by atoms with Gasteiger partial charge in [0.25, 0.3) is 0 Å². The second-order valence-electron chi connectivity index (χ2n) is 8.05. The molecule has 8 heteroatoms. The molecule has 3 N–H and O–H groups in total. The minimum atomic E-state index is -0.476. The van der Waals surface area contributed by atoms with Gasteiger partial charge >= 0.3 is 6.09 Å². The van der Waals surface area contributed by atoms with Crippen LogP contribution < -0.4 is 16.0 Å². The Morgan fingerprint density at radius 2 is 1.61 bits per heavy atom. The second kappa shape index (κ2) is 16.1. The van der Waals surface area contributed by atoms with Crippen molar-refractivity contribution in [3.05, 3.63) is 0 Å². The number of rotatable bonds is 10. The maximum absolute atomic E-state index is 11.6. The molecule has 0 radical (unpaired) electrons. The van der Waals surface area contributed by atoms with Gasteiger partial charge in [0, 0.05) is 33.3 Å². The first-order valence-electron chi connectivity index (χ1n) is 10.4. The van der Waals surface area contributed by atoms with E-state index in [2.05, 4.69) is 20.9 Å². The van der Waals surface area contributed by atoms with Crippen molar-refractivity contribution in [1.82, 2.24) is 16.0 Å². The lowest BCUT2D eigenvalue weighted by Crippen LogP contribution is -2.42. The number of nitrogens with one attached hydrogen (secondary N) is 3. The van der Waals surface area contributed by atoms with Crippen LogP contribution >= 0.6 is 24.0 Å². The van der Waals surface area contributed by atoms with Crippen LogP contribution in [0, 0.1) is 0 Å². The number of halogens is 1. The van der Waals surface area contributed by atoms with Crippen LogP contribution in [-0.2, 0) is 9.47 Å². The molecule has 0 aromatic carbocycles. The van der Waals surface area contributed by atoms with Crippen LogP contribution in [-0.4, -0.2) is 57.0 Å². The van der Waals surface area contributed by atoms with E-state index in [-0.39, 0.29) is 24.0 Å². The molecule has 7 nitrogen and oxygen atoms in total. The van der Waals surface area contributed by atoms with Gasteiger partial charge in [-0.1, -0.05) is 19.3 Å². The lowest BCUT2D eigenvalue weighted by Gasteiger charge is -2.21. The monoisotopic (exact) mass is 512 g/mol. The van der Waals surface area contributed by atoms with Crippen LogP contribution in [0.3, 0.4) is 0 Å². The van der Waals surface area contributed by atoms with E-state index in [0.717, 1.165) is 38.4 Å². The summed E-state index contributed by atoms with van der Waals surface area (Å²) >= 11 is 0. The number of alkyl carbamates (subject to hydrolysis) is 1. The fourth-order valence-electron chi connectivity index (χ4n) is 2.97. The summed E-state index contributed by atoms with van der Waals surface area (Å²) in [6.45, 7) is 8.37. The molecule has 166 valence electrons. The number of nitrogens with zero attached hydrogens (tertiary/aromatic N) is 1. The van der Waals surface area contributed by atoms with Crippen molar-refractivity contribution in [3.8, 4) is 0 Å². The SMILES string of the molecule is CN=C(NCCCCCOC1CCCCC1)NCCNC(=O)OC(C)(C)C.I. The Hall–Kier alpha value is -0.770. The van der Waals surface area contributed by atoms with E-state index in [1.807, 2.05) is 20.8 Å². The van der Waals surface area contributed by atoms with Crippen LogP contribution in [0.25, 0.3) is 0 Å². The predicted octanol–water partition coefficient (Wildman–Crippen LogP) is 3.81. The van der Waals surface area contributed by atoms with Crippen molar-refractivity contribution < 1.29 is 14.3 Å². The Bertz CT molecular complexity index is 436. The average molecular weight is 512 g/mol. The van der Waals surface area contributed by atoms with E-state index < -0.39 is 11.7 Å². The maximum Gasteiger partial charge on any atom is 0.407 e. The third-order valence-corrected chi connectivity index (χ3v) is 4.33. The van der Waals surface area contributed by atoms with Gasteiger partial charge in [0.15, 0.2) is 5.96 Å². The Balaban J connectivity index is 0.00000729. The Morgan fingerprint density at radius 1 is 0.964 bits per heavy atom. The number of hydrogen-bond acceptors (Lipinski definition) is 4. The summed E-state index contributed by atoms with van der Waals surface area (Å²) < 4.78 is 11.1. The summed E-state index contributed by atoms with van der Waals surface area (Å²) in [5, 5.41) is 9.18. The molecule has 28 heavy (non-hydrogen) atoms. The Labute approximate surface area is 188 Å². The number of carbonyl (C=O) groups is 1. The standard InChI is InChI=1S/C20H40N4O3.HI/c1-20(2,3)27-19(25)24-15-14-23-18(21-4)22-13-9-6-10-16-26-17-11-7-5-8-12-17;/h17H,5-16H2,1-4H3,(H,24,25)(H2,21,22,23);1H. The molecular weight excluding hydrogens is 471 g/mol. The highest BCUT2D eigenvalue weighted by atomic mass is 127. The van der Waals surface area contributed by atoms with Crippen molar-refractivity contribution in [3.63, 3.8) is 0 Å². The Kier molecular flexibility index (Phi) is 15.6. The van der Waals surface area contributed by atoms with E-state index >= 15 is 0 Å². The predicted molar refractivity (Wildman–Crippen MR) is 126 cm³/mol. The zero-order valence-corrected chi connectivity index (χ0v) is 20.5. The molecule has 0 spiro atoms. The van der Waals surface area contributed by atoms with Gasteiger partial charge in [0.1, 0.15) is 5.60 Å². The van der Waals surface area contributed by atoms with Crippen LogP contribution in [0.2, 0.25) is 0 Å². The number of amides is 1. The first-order chi connectivity index (χ1) is 12.9. The molecule has 0 unspecified atom stereocenters. The second-order valence-corrected chi connectivity index (χ2v) is 8.05. The normalized spacial score (nSPS) is 15.5. The van der Waals surface area contributed by atoms with Gasteiger partial charge in [-0.2, -0.15) is 0 Å². The van der Waals surface area contributed by atoms with Crippen molar-refractivity contribution >= 4 is 36.0 Å². The molecule has 1 rings (SSSR count). The third kappa shape index (κ3) is 15.2. The molecule has 1 fully saturated rings. The lowest BCUT2D eigenvalue weighted by molar-refractivity contribution is 0.0263. The molecule has 1 aliphatic carbocycles. The van der Waals surface area contributed by atoms with E-state index in [4.69, 9.17) is 9.47 Å². The quantitative estimate of drug-likeness (QED) is 0.180. The molecule has 0 aromatic rings. The highest BCUT2D eigenvalue weighted by Crippen LogP contribution is 2.20. The van der Waals surface area contributed by atoms with Crippen molar-refractivity contribution in [2.24, 2.45) is 4.99 Å². The topological polar surface area (TPSA) is 84.0 Å². The number of unbranched alkanes of at least 4 members (excludes halogenated alkanes) is 2. The zero-order chi connectivity index (χ0) is 20.0. The summed E-state index contributed by atoms with van der Waals surface area (Å²) in [7, 11) is 1.74. The van der Waals surface area contributed by atoms with Gasteiger partial charge in [0.05, 0.1) is 6.10 Å². The summed E-state index contributed by atoms with van der Waals surface area (Å²) in [5.41, 5.74) is -0.476. The molecule has 1 saturated carbocycles. The van der Waals surface area contributed by atoms with Gasteiger partial charge in [-0.3, -0.25) is 4.99 Å². The molecular formula is C20H41IN4O3. The molecule has 0 aromatic heterocycles. The molecule has 1 aliphatic rings. The molecule has 0 bridgehead atoms. The van der Waals surface area contributed by atoms with Crippen molar-refractivity contribution in [2.45, 2.75) is 83.8 Å². The fourth-order valence-corrected chi connectivity index (χ4v) is 2.97. The van der Waals surface area contributed by atoms with Gasteiger partial charge in [-0.15, -0.1) is 24.0 Å². The van der Waals surface area contributed by atoms with Crippen LogP contribution in [0.5, 0.6) is 0 Å². The average Bonchev–Trinajstić information content (AvgIpc) is 2.62. The molecule has 0 aliphatic heterocycles. The molecule has 0 heterocycles.